The summed E-state index contributed by atoms with van der Waals surface area (Å²) in [5.74, 6) is 0. The Balaban J connectivity index is 0.854. The molecule has 0 aliphatic heterocycles. The first-order valence-electron chi connectivity index (χ1n) is 19.2. The summed E-state index contributed by atoms with van der Waals surface area (Å²) in [6.07, 6.45) is 2.79. The third-order valence-electron chi connectivity index (χ3n) is 11.3. The van der Waals surface area contributed by atoms with Crippen molar-refractivity contribution in [2.75, 3.05) is 0 Å². The second kappa shape index (κ2) is 13.2. The van der Waals surface area contributed by atoms with Gasteiger partial charge in [-0.2, -0.15) is 0 Å². The van der Waals surface area contributed by atoms with Crippen LogP contribution in [-0.2, 0) is 6.42 Å². The van der Waals surface area contributed by atoms with Gasteiger partial charge in [0.05, 0.1) is 34.0 Å². The first-order valence-corrected chi connectivity index (χ1v) is 19.2. The molecule has 0 aliphatic rings. The normalized spacial score (nSPS) is 11.6. The fourth-order valence-electron chi connectivity index (χ4n) is 8.51. The Morgan fingerprint density at radius 1 is 0.357 bits per heavy atom. The fraction of sp³-hybridized carbons (Fsp3) is 0.0189. The molecule has 3 nitrogen and oxygen atoms in total. The molecule has 0 bridgehead atoms. The van der Waals surface area contributed by atoms with Crippen molar-refractivity contribution in [1.82, 2.24) is 14.5 Å². The van der Waals surface area contributed by atoms with Crippen LogP contribution in [0.5, 0.6) is 0 Å². The fourth-order valence-corrected chi connectivity index (χ4v) is 8.51. The summed E-state index contributed by atoms with van der Waals surface area (Å²) in [4.78, 5) is 10.1. The van der Waals surface area contributed by atoms with Crippen molar-refractivity contribution in [2.45, 2.75) is 6.42 Å². The summed E-state index contributed by atoms with van der Waals surface area (Å²) in [5.41, 5.74) is 14.8. The minimum absolute atomic E-state index is 0.872. The van der Waals surface area contributed by atoms with E-state index in [-0.39, 0.29) is 0 Å². The molecule has 0 N–H and O–H groups in total. The minimum atomic E-state index is 0.872. The molecule has 0 saturated carbocycles. The molecular formula is C53H35N3. The van der Waals surface area contributed by atoms with Crippen LogP contribution in [-0.4, -0.2) is 14.5 Å². The van der Waals surface area contributed by atoms with Gasteiger partial charge < -0.3 is 4.57 Å². The van der Waals surface area contributed by atoms with Gasteiger partial charge >= 0.3 is 0 Å². The molecule has 2 heterocycles. The third-order valence-corrected chi connectivity index (χ3v) is 11.3. The van der Waals surface area contributed by atoms with E-state index in [1.54, 1.807) is 0 Å². The Labute approximate surface area is 324 Å². The zero-order chi connectivity index (χ0) is 37.0. The molecule has 0 aliphatic carbocycles. The molecule has 0 fully saturated rings. The van der Waals surface area contributed by atoms with Crippen LogP contribution in [0.2, 0.25) is 0 Å². The minimum Gasteiger partial charge on any atom is -0.309 e. The summed E-state index contributed by atoms with van der Waals surface area (Å²) in [7, 11) is 0. The zero-order valence-electron chi connectivity index (χ0n) is 30.6. The van der Waals surface area contributed by atoms with E-state index in [1.165, 1.54) is 71.6 Å². The number of benzene rings is 9. The van der Waals surface area contributed by atoms with Crippen molar-refractivity contribution in [1.29, 1.82) is 0 Å². The Kier molecular flexibility index (Phi) is 7.56. The van der Waals surface area contributed by atoms with E-state index in [4.69, 9.17) is 9.97 Å². The highest BCUT2D eigenvalue weighted by atomic mass is 15.0. The summed E-state index contributed by atoms with van der Waals surface area (Å²) < 4.78 is 2.37. The van der Waals surface area contributed by atoms with Crippen LogP contribution in [0.15, 0.2) is 200 Å². The van der Waals surface area contributed by atoms with E-state index >= 15 is 0 Å². The molecule has 11 aromatic rings. The predicted molar refractivity (Wildman–Crippen MR) is 234 cm³/mol. The van der Waals surface area contributed by atoms with E-state index in [2.05, 4.69) is 199 Å². The van der Waals surface area contributed by atoms with Gasteiger partial charge in [-0.25, -0.2) is 4.98 Å². The molecule has 11 rings (SSSR count). The van der Waals surface area contributed by atoms with Gasteiger partial charge in [-0.15, -0.1) is 0 Å². The predicted octanol–water partition coefficient (Wildman–Crippen LogP) is 13.6. The SMILES string of the molecule is c1ccc(-n2c3ccccc3c3cc(Cc4ccc(-c5cccc(-c6ccc(-c7cnc8c9ccccc9c9ccccc9c8n7)cc6)c5)cc4)ccc32)cc1. The van der Waals surface area contributed by atoms with Crippen LogP contribution >= 0.6 is 0 Å². The number of nitrogens with zero attached hydrogens (tertiary/aromatic N) is 3. The number of aromatic nitrogens is 3. The van der Waals surface area contributed by atoms with Gasteiger partial charge in [0.15, 0.2) is 0 Å². The van der Waals surface area contributed by atoms with Crippen LogP contribution in [0, 0.1) is 0 Å². The first-order chi connectivity index (χ1) is 27.7. The van der Waals surface area contributed by atoms with Crippen molar-refractivity contribution in [3.63, 3.8) is 0 Å². The Hall–Kier alpha value is -7.36. The smallest absolute Gasteiger partial charge is 0.0979 e. The highest BCUT2D eigenvalue weighted by molar-refractivity contribution is 6.23. The topological polar surface area (TPSA) is 30.7 Å². The van der Waals surface area contributed by atoms with E-state index < -0.39 is 0 Å². The van der Waals surface area contributed by atoms with Gasteiger partial charge in [0.1, 0.15) is 0 Å². The average molecular weight is 714 g/mol. The molecule has 0 spiro atoms. The second-order valence-corrected chi connectivity index (χ2v) is 14.6. The lowest BCUT2D eigenvalue weighted by atomic mass is 9.96. The van der Waals surface area contributed by atoms with Gasteiger partial charge in [-0.05, 0) is 87.0 Å². The van der Waals surface area contributed by atoms with Crippen LogP contribution in [0.1, 0.15) is 11.1 Å². The maximum atomic E-state index is 5.19. The number of rotatable bonds is 6. The zero-order valence-corrected chi connectivity index (χ0v) is 30.6. The van der Waals surface area contributed by atoms with Gasteiger partial charge in [0, 0.05) is 32.8 Å². The lowest BCUT2D eigenvalue weighted by Crippen LogP contribution is -1.93. The maximum Gasteiger partial charge on any atom is 0.0979 e. The maximum absolute atomic E-state index is 5.19. The molecule has 9 aromatic carbocycles. The van der Waals surface area contributed by atoms with Gasteiger partial charge in [0.25, 0.3) is 0 Å². The molecule has 0 amide bonds. The van der Waals surface area contributed by atoms with Crippen LogP contribution in [0.4, 0.5) is 0 Å². The molecule has 0 unspecified atom stereocenters. The third kappa shape index (κ3) is 5.44. The Morgan fingerprint density at radius 3 is 1.62 bits per heavy atom. The standard InChI is InChI=1S/C53H35N3/c1-2-13-42(14-3-1)56-50-20-9-8-17-45(50)48-32-36(23-30-51(48)56)31-35-21-24-37(25-22-35)40-11-10-12-41(33-40)38-26-28-39(29-27-38)49-34-54-52-46-18-6-4-15-43(46)44-16-5-7-19-47(44)53(52)55-49/h1-30,32-34H,31H2. The summed E-state index contributed by atoms with van der Waals surface area (Å²) in [6.45, 7) is 0. The highest BCUT2D eigenvalue weighted by Gasteiger charge is 2.14. The van der Waals surface area contributed by atoms with E-state index in [1.807, 2.05) is 6.20 Å². The van der Waals surface area contributed by atoms with E-state index in [9.17, 15) is 0 Å². The lowest BCUT2D eigenvalue weighted by Gasteiger charge is -2.11. The van der Waals surface area contributed by atoms with Gasteiger partial charge in [-0.3, -0.25) is 4.98 Å². The Morgan fingerprint density at radius 2 is 0.911 bits per heavy atom. The van der Waals surface area contributed by atoms with Crippen LogP contribution in [0.25, 0.3) is 93.6 Å². The summed E-state index contributed by atoms with van der Waals surface area (Å²) in [5, 5.41) is 7.24. The van der Waals surface area contributed by atoms with Gasteiger partial charge in [-0.1, -0.05) is 158 Å². The van der Waals surface area contributed by atoms with E-state index in [0.717, 1.165) is 39.5 Å². The quantitative estimate of drug-likeness (QED) is 0.161. The van der Waals surface area contributed by atoms with Crippen molar-refractivity contribution in [3.05, 3.63) is 211 Å². The molecule has 56 heavy (non-hydrogen) atoms. The number of fused-ring (bicyclic) bond motifs is 9. The molecule has 262 valence electrons. The molecule has 0 saturated heterocycles. The number of hydrogen-bond acceptors (Lipinski definition) is 2. The van der Waals surface area contributed by atoms with Crippen LogP contribution < -0.4 is 0 Å². The Bertz CT molecular complexity index is 3220. The largest absolute Gasteiger partial charge is 0.309 e. The van der Waals surface area contributed by atoms with Crippen molar-refractivity contribution < 1.29 is 0 Å². The van der Waals surface area contributed by atoms with Crippen LogP contribution in [0.3, 0.4) is 0 Å². The summed E-state index contributed by atoms with van der Waals surface area (Å²) in [6, 6.07) is 69.8. The molecule has 2 aromatic heterocycles. The van der Waals surface area contributed by atoms with Gasteiger partial charge in [0.2, 0.25) is 0 Å². The molecule has 0 atom stereocenters. The molecule has 3 heteroatoms. The molecular weight excluding hydrogens is 679 g/mol. The monoisotopic (exact) mass is 713 g/mol. The van der Waals surface area contributed by atoms with Crippen molar-refractivity contribution in [2.24, 2.45) is 0 Å². The lowest BCUT2D eigenvalue weighted by molar-refractivity contribution is 1.17. The average Bonchev–Trinajstić information content (AvgIpc) is 3.60. The van der Waals surface area contributed by atoms with E-state index in [0.29, 0.717) is 0 Å². The number of para-hydroxylation sites is 2. The van der Waals surface area contributed by atoms with Crippen molar-refractivity contribution in [3.8, 4) is 39.2 Å². The first kappa shape index (κ1) is 32.1. The molecule has 0 radical (unpaired) electrons. The second-order valence-electron chi connectivity index (χ2n) is 14.6. The number of hydrogen-bond donors (Lipinski definition) is 0. The van der Waals surface area contributed by atoms with Crippen molar-refractivity contribution >= 4 is 54.4 Å². The highest BCUT2D eigenvalue weighted by Crippen LogP contribution is 2.36. The summed E-state index contributed by atoms with van der Waals surface area (Å²) >= 11 is 0.